The van der Waals surface area contributed by atoms with E-state index in [0.29, 0.717) is 5.58 Å². The predicted octanol–water partition coefficient (Wildman–Crippen LogP) is 1.86. The van der Waals surface area contributed by atoms with Gasteiger partial charge in [-0.2, -0.15) is 0 Å². The van der Waals surface area contributed by atoms with Gasteiger partial charge in [-0.25, -0.2) is 4.79 Å². The van der Waals surface area contributed by atoms with Crippen LogP contribution in [0.3, 0.4) is 0 Å². The minimum atomic E-state index is -0.411. The van der Waals surface area contributed by atoms with Crippen molar-refractivity contribution >= 4 is 11.1 Å². The lowest BCUT2D eigenvalue weighted by atomic mass is 10.2. The first-order chi connectivity index (χ1) is 6.81. The molecule has 4 heteroatoms. The van der Waals surface area contributed by atoms with Crippen LogP contribution in [0.5, 0.6) is 0 Å². The third kappa shape index (κ3) is 1.55. The van der Waals surface area contributed by atoms with Crippen LogP contribution >= 0.6 is 0 Å². The third-order valence-corrected chi connectivity index (χ3v) is 2.19. The number of nitrogens with zero attached hydrogens (tertiary/aromatic N) is 1. The fourth-order valence-corrected chi connectivity index (χ4v) is 1.47. The molecular weight excluding hydrogens is 180 g/mol. The van der Waals surface area contributed by atoms with E-state index in [1.165, 1.54) is 0 Å². The number of pyridine rings is 1. The van der Waals surface area contributed by atoms with Crippen LogP contribution in [0, 0.1) is 0 Å². The molecule has 0 amide bonds. The number of aromatic amines is 1. The molecule has 0 fully saturated rings. The van der Waals surface area contributed by atoms with E-state index in [2.05, 4.69) is 16.9 Å². The Kier molecular flexibility index (Phi) is 2.35. The first-order valence-corrected chi connectivity index (χ1v) is 4.78. The maximum absolute atomic E-state index is 11.0. The summed E-state index contributed by atoms with van der Waals surface area (Å²) in [6.07, 6.45) is 4.73. The second kappa shape index (κ2) is 3.65. The summed E-state index contributed by atoms with van der Waals surface area (Å²) >= 11 is 0. The van der Waals surface area contributed by atoms with E-state index < -0.39 is 5.76 Å². The van der Waals surface area contributed by atoms with E-state index in [9.17, 15) is 4.79 Å². The fourth-order valence-electron chi connectivity index (χ4n) is 1.47. The summed E-state index contributed by atoms with van der Waals surface area (Å²) in [6, 6.07) is 1.70. The molecule has 0 spiro atoms. The Hall–Kier alpha value is -1.58. The summed E-state index contributed by atoms with van der Waals surface area (Å²) < 4.78 is 4.94. The number of aryl methyl sites for hydroxylation is 1. The van der Waals surface area contributed by atoms with E-state index in [0.717, 1.165) is 30.5 Å². The van der Waals surface area contributed by atoms with Gasteiger partial charge in [0.05, 0.1) is 5.69 Å². The molecule has 74 valence electrons. The zero-order chi connectivity index (χ0) is 9.97. The van der Waals surface area contributed by atoms with Crippen LogP contribution in [-0.2, 0) is 6.42 Å². The van der Waals surface area contributed by atoms with Crippen LogP contribution in [0.25, 0.3) is 11.1 Å². The number of oxazole rings is 1. The molecule has 2 aromatic rings. The number of aromatic nitrogens is 2. The van der Waals surface area contributed by atoms with Crippen molar-refractivity contribution in [3.05, 3.63) is 28.5 Å². The van der Waals surface area contributed by atoms with Crippen molar-refractivity contribution in [1.29, 1.82) is 0 Å². The van der Waals surface area contributed by atoms with Crippen molar-refractivity contribution in [1.82, 2.24) is 9.97 Å². The van der Waals surface area contributed by atoms with Gasteiger partial charge in [0.2, 0.25) is 0 Å². The fraction of sp³-hybridized carbons (Fsp3) is 0.400. The van der Waals surface area contributed by atoms with Crippen LogP contribution in [0.1, 0.15) is 25.5 Å². The van der Waals surface area contributed by atoms with Gasteiger partial charge in [0, 0.05) is 12.3 Å². The number of hydrogen-bond donors (Lipinski definition) is 1. The molecule has 0 saturated heterocycles. The highest BCUT2D eigenvalue weighted by atomic mass is 16.4. The van der Waals surface area contributed by atoms with Gasteiger partial charge in [-0.3, -0.25) is 9.97 Å². The van der Waals surface area contributed by atoms with Gasteiger partial charge < -0.3 is 4.42 Å². The Labute approximate surface area is 81.0 Å². The Morgan fingerprint density at radius 1 is 1.57 bits per heavy atom. The van der Waals surface area contributed by atoms with Gasteiger partial charge in [0.15, 0.2) is 5.58 Å². The SMILES string of the molecule is CCCCc1nccc2oc(=O)[nH]c12. The summed E-state index contributed by atoms with van der Waals surface area (Å²) in [7, 11) is 0. The number of nitrogens with one attached hydrogen (secondary N) is 1. The zero-order valence-corrected chi connectivity index (χ0v) is 8.04. The monoisotopic (exact) mass is 192 g/mol. The lowest BCUT2D eigenvalue weighted by Crippen LogP contribution is -1.96. The Morgan fingerprint density at radius 2 is 2.43 bits per heavy atom. The Balaban J connectivity index is 2.47. The first kappa shape index (κ1) is 8.99. The molecule has 0 aliphatic heterocycles. The van der Waals surface area contributed by atoms with Gasteiger partial charge >= 0.3 is 5.76 Å². The number of hydrogen-bond acceptors (Lipinski definition) is 3. The van der Waals surface area contributed by atoms with Gasteiger partial charge in [-0.15, -0.1) is 0 Å². The number of rotatable bonds is 3. The summed E-state index contributed by atoms with van der Waals surface area (Å²) in [5, 5.41) is 0. The van der Waals surface area contributed by atoms with Gasteiger partial charge in [0.25, 0.3) is 0 Å². The minimum absolute atomic E-state index is 0.411. The molecule has 0 aliphatic carbocycles. The summed E-state index contributed by atoms with van der Waals surface area (Å²) in [6.45, 7) is 2.12. The molecule has 0 aliphatic rings. The highest BCUT2D eigenvalue weighted by Crippen LogP contribution is 2.14. The quantitative estimate of drug-likeness (QED) is 0.807. The summed E-state index contributed by atoms with van der Waals surface area (Å²) in [5.41, 5.74) is 2.25. The molecule has 14 heavy (non-hydrogen) atoms. The smallest absolute Gasteiger partial charge is 0.408 e. The van der Waals surface area contributed by atoms with E-state index in [4.69, 9.17) is 4.42 Å². The molecule has 2 rings (SSSR count). The lowest BCUT2D eigenvalue weighted by molar-refractivity contribution is 0.555. The highest BCUT2D eigenvalue weighted by Gasteiger charge is 2.06. The molecule has 2 aromatic heterocycles. The van der Waals surface area contributed by atoms with E-state index in [1.807, 2.05) is 0 Å². The third-order valence-electron chi connectivity index (χ3n) is 2.19. The van der Waals surface area contributed by atoms with Crippen LogP contribution < -0.4 is 5.76 Å². The molecule has 0 aromatic carbocycles. The lowest BCUT2D eigenvalue weighted by Gasteiger charge is -1.98. The van der Waals surface area contributed by atoms with Crippen molar-refractivity contribution in [3.63, 3.8) is 0 Å². The molecule has 0 saturated carbocycles. The normalized spacial score (nSPS) is 10.9. The predicted molar refractivity (Wildman–Crippen MR) is 53.2 cm³/mol. The van der Waals surface area contributed by atoms with Crippen LogP contribution in [-0.4, -0.2) is 9.97 Å². The highest BCUT2D eigenvalue weighted by molar-refractivity contribution is 5.74. The molecular formula is C10H12N2O2. The first-order valence-electron chi connectivity index (χ1n) is 4.78. The maximum atomic E-state index is 11.0. The van der Waals surface area contributed by atoms with Crippen LogP contribution in [0.2, 0.25) is 0 Å². The topological polar surface area (TPSA) is 58.9 Å². The Bertz CT molecular complexity index is 484. The second-order valence-electron chi connectivity index (χ2n) is 3.25. The number of H-pyrrole nitrogens is 1. The second-order valence-corrected chi connectivity index (χ2v) is 3.25. The molecule has 1 N–H and O–H groups in total. The van der Waals surface area contributed by atoms with Gasteiger partial charge in [0.1, 0.15) is 5.52 Å². The molecule has 2 heterocycles. The molecule has 0 bridgehead atoms. The maximum Gasteiger partial charge on any atom is 0.417 e. The standard InChI is InChI=1S/C10H12N2O2/c1-2-3-4-7-9-8(5-6-11-7)14-10(13)12-9/h5-6H,2-4H2,1H3,(H,12,13). The summed E-state index contributed by atoms with van der Waals surface area (Å²) in [4.78, 5) is 17.8. The molecule has 4 nitrogen and oxygen atoms in total. The number of unbranched alkanes of at least 4 members (excludes halogenated alkanes) is 1. The Morgan fingerprint density at radius 3 is 3.21 bits per heavy atom. The molecule has 0 radical (unpaired) electrons. The van der Waals surface area contributed by atoms with Crippen LogP contribution in [0.15, 0.2) is 21.5 Å². The van der Waals surface area contributed by atoms with E-state index in [1.54, 1.807) is 12.3 Å². The van der Waals surface area contributed by atoms with Crippen molar-refractivity contribution in [2.24, 2.45) is 0 Å². The summed E-state index contributed by atoms with van der Waals surface area (Å²) in [5.74, 6) is -0.411. The van der Waals surface area contributed by atoms with Crippen molar-refractivity contribution < 1.29 is 4.42 Å². The number of fused-ring (bicyclic) bond motifs is 1. The minimum Gasteiger partial charge on any atom is -0.408 e. The van der Waals surface area contributed by atoms with Crippen molar-refractivity contribution in [2.75, 3.05) is 0 Å². The van der Waals surface area contributed by atoms with Gasteiger partial charge in [-0.05, 0) is 12.8 Å². The average Bonchev–Trinajstić information content (AvgIpc) is 2.55. The van der Waals surface area contributed by atoms with Crippen LogP contribution in [0.4, 0.5) is 0 Å². The average molecular weight is 192 g/mol. The molecule has 0 unspecified atom stereocenters. The van der Waals surface area contributed by atoms with Crippen molar-refractivity contribution in [2.45, 2.75) is 26.2 Å². The largest absolute Gasteiger partial charge is 0.417 e. The van der Waals surface area contributed by atoms with Gasteiger partial charge in [-0.1, -0.05) is 13.3 Å². The van der Waals surface area contributed by atoms with E-state index in [-0.39, 0.29) is 0 Å². The van der Waals surface area contributed by atoms with Crippen molar-refractivity contribution in [3.8, 4) is 0 Å². The molecule has 0 atom stereocenters. The zero-order valence-electron chi connectivity index (χ0n) is 8.04. The van der Waals surface area contributed by atoms with E-state index >= 15 is 0 Å².